The highest BCUT2D eigenvalue weighted by Gasteiger charge is 2.06. The Morgan fingerprint density at radius 1 is 0.762 bits per heavy atom. The normalized spacial score (nSPS) is 12.3. The molecule has 21 heavy (non-hydrogen) atoms. The Labute approximate surface area is 128 Å². The molecule has 0 spiro atoms. The first-order valence-electron chi connectivity index (χ1n) is 7.61. The van der Waals surface area contributed by atoms with Gasteiger partial charge >= 0.3 is 0 Å². The molecule has 1 atom stereocenters. The second-order valence-electron chi connectivity index (χ2n) is 6.13. The van der Waals surface area contributed by atoms with Gasteiger partial charge in [-0.25, -0.2) is 0 Å². The Balaban J connectivity index is 2.04. The number of nitrogens with one attached hydrogen (secondary N) is 1. The molecule has 0 heterocycles. The van der Waals surface area contributed by atoms with Crippen molar-refractivity contribution in [2.24, 2.45) is 0 Å². The maximum Gasteiger partial charge on any atom is 0.0485 e. The van der Waals surface area contributed by atoms with Crippen LogP contribution in [0.5, 0.6) is 0 Å². The fourth-order valence-electron chi connectivity index (χ4n) is 2.36. The molecule has 0 fully saturated rings. The maximum atomic E-state index is 3.56. The lowest BCUT2D eigenvalue weighted by Crippen LogP contribution is -2.10. The van der Waals surface area contributed by atoms with Gasteiger partial charge in [0.15, 0.2) is 0 Å². The van der Waals surface area contributed by atoms with Crippen molar-refractivity contribution in [2.75, 3.05) is 24.3 Å². The molecular formula is C19H26N2. The van der Waals surface area contributed by atoms with Gasteiger partial charge in [-0.15, -0.1) is 0 Å². The Kier molecular flexibility index (Phi) is 4.89. The van der Waals surface area contributed by atoms with Crippen LogP contribution in [0, 0.1) is 0 Å². The zero-order valence-corrected chi connectivity index (χ0v) is 13.7. The minimum atomic E-state index is 0.297. The predicted molar refractivity (Wildman–Crippen MR) is 93.3 cm³/mol. The van der Waals surface area contributed by atoms with E-state index in [4.69, 9.17) is 0 Å². The summed E-state index contributed by atoms with van der Waals surface area (Å²) < 4.78 is 0. The monoisotopic (exact) mass is 282 g/mol. The third-order valence-corrected chi connectivity index (χ3v) is 3.87. The van der Waals surface area contributed by atoms with Crippen molar-refractivity contribution >= 4 is 11.4 Å². The molecule has 1 N–H and O–H groups in total. The van der Waals surface area contributed by atoms with Gasteiger partial charge in [0.05, 0.1) is 0 Å². The molecule has 0 radical (unpaired) electrons. The highest BCUT2D eigenvalue weighted by Crippen LogP contribution is 2.23. The lowest BCUT2D eigenvalue weighted by Gasteiger charge is -2.18. The van der Waals surface area contributed by atoms with E-state index in [2.05, 4.69) is 93.6 Å². The van der Waals surface area contributed by atoms with Crippen molar-refractivity contribution in [3.05, 3.63) is 59.7 Å². The van der Waals surface area contributed by atoms with Crippen LogP contribution < -0.4 is 10.2 Å². The lowest BCUT2D eigenvalue weighted by atomic mass is 10.0. The summed E-state index contributed by atoms with van der Waals surface area (Å²) in [5, 5.41) is 3.56. The average Bonchev–Trinajstić information content (AvgIpc) is 2.47. The van der Waals surface area contributed by atoms with Gasteiger partial charge in [0, 0.05) is 31.5 Å². The molecule has 2 rings (SSSR count). The largest absolute Gasteiger partial charge is 0.379 e. The van der Waals surface area contributed by atoms with Crippen molar-refractivity contribution in [3.63, 3.8) is 0 Å². The van der Waals surface area contributed by atoms with Crippen molar-refractivity contribution in [1.82, 2.24) is 0 Å². The first-order chi connectivity index (χ1) is 9.97. The highest BCUT2D eigenvalue weighted by molar-refractivity contribution is 5.50. The fraction of sp³-hybridized carbons (Fsp3) is 0.368. The molecule has 0 aliphatic carbocycles. The Morgan fingerprint density at radius 3 is 1.76 bits per heavy atom. The van der Waals surface area contributed by atoms with Crippen LogP contribution >= 0.6 is 0 Å². The topological polar surface area (TPSA) is 15.3 Å². The molecule has 2 aromatic rings. The van der Waals surface area contributed by atoms with Crippen LogP contribution in [0.25, 0.3) is 0 Å². The SMILES string of the molecule is CC(C)c1ccc(NC(C)c2ccc(N(C)C)cc2)cc1. The molecule has 1 unspecified atom stereocenters. The quantitative estimate of drug-likeness (QED) is 0.825. The van der Waals surface area contributed by atoms with Gasteiger partial charge in [0.25, 0.3) is 0 Å². The minimum Gasteiger partial charge on any atom is -0.379 e. The molecule has 0 bridgehead atoms. The second kappa shape index (κ2) is 6.66. The second-order valence-corrected chi connectivity index (χ2v) is 6.13. The smallest absolute Gasteiger partial charge is 0.0485 e. The van der Waals surface area contributed by atoms with Gasteiger partial charge in [-0.05, 0) is 48.2 Å². The lowest BCUT2D eigenvalue weighted by molar-refractivity contribution is 0.862. The molecule has 0 aromatic heterocycles. The maximum absolute atomic E-state index is 3.56. The van der Waals surface area contributed by atoms with Crippen LogP contribution in [0.15, 0.2) is 48.5 Å². The van der Waals surface area contributed by atoms with Gasteiger partial charge in [-0.3, -0.25) is 0 Å². The number of nitrogens with zero attached hydrogens (tertiary/aromatic N) is 1. The molecule has 0 amide bonds. The van der Waals surface area contributed by atoms with E-state index in [0.717, 1.165) is 0 Å². The first-order valence-corrected chi connectivity index (χ1v) is 7.61. The number of anilines is 2. The summed E-state index contributed by atoms with van der Waals surface area (Å²) >= 11 is 0. The number of rotatable bonds is 5. The van der Waals surface area contributed by atoms with Crippen LogP contribution in [-0.2, 0) is 0 Å². The third kappa shape index (κ3) is 4.01. The van der Waals surface area contributed by atoms with E-state index in [1.165, 1.54) is 22.5 Å². The number of benzene rings is 2. The van der Waals surface area contributed by atoms with Gasteiger partial charge in [-0.2, -0.15) is 0 Å². The summed E-state index contributed by atoms with van der Waals surface area (Å²) in [6.45, 7) is 6.63. The van der Waals surface area contributed by atoms with Gasteiger partial charge in [0.2, 0.25) is 0 Å². The average molecular weight is 282 g/mol. The van der Waals surface area contributed by atoms with E-state index >= 15 is 0 Å². The van der Waals surface area contributed by atoms with Crippen molar-refractivity contribution in [1.29, 1.82) is 0 Å². The van der Waals surface area contributed by atoms with E-state index in [1.807, 2.05) is 0 Å². The number of hydrogen-bond donors (Lipinski definition) is 1. The summed E-state index contributed by atoms with van der Waals surface area (Å²) in [7, 11) is 4.12. The number of hydrogen-bond acceptors (Lipinski definition) is 2. The van der Waals surface area contributed by atoms with Gasteiger partial charge in [0.1, 0.15) is 0 Å². The zero-order valence-electron chi connectivity index (χ0n) is 13.7. The summed E-state index contributed by atoms with van der Waals surface area (Å²) in [4.78, 5) is 2.12. The molecular weight excluding hydrogens is 256 g/mol. The molecule has 112 valence electrons. The Bertz CT molecular complexity index is 553. The predicted octanol–water partition coefficient (Wildman–Crippen LogP) is 5.05. The molecule has 2 aromatic carbocycles. The van der Waals surface area contributed by atoms with Crippen molar-refractivity contribution in [2.45, 2.75) is 32.7 Å². The van der Waals surface area contributed by atoms with E-state index in [-0.39, 0.29) is 0 Å². The first kappa shape index (κ1) is 15.4. The molecule has 0 saturated heterocycles. The van der Waals surface area contributed by atoms with Crippen LogP contribution in [0.2, 0.25) is 0 Å². The molecule has 2 heteroatoms. The van der Waals surface area contributed by atoms with E-state index in [1.54, 1.807) is 0 Å². The van der Waals surface area contributed by atoms with E-state index in [9.17, 15) is 0 Å². The molecule has 0 aliphatic heterocycles. The van der Waals surface area contributed by atoms with E-state index in [0.29, 0.717) is 12.0 Å². The van der Waals surface area contributed by atoms with Gasteiger partial charge in [-0.1, -0.05) is 38.1 Å². The fourth-order valence-corrected chi connectivity index (χ4v) is 2.36. The Hall–Kier alpha value is -1.96. The molecule has 0 aliphatic rings. The van der Waals surface area contributed by atoms with Crippen LogP contribution in [0.4, 0.5) is 11.4 Å². The summed E-state index contributed by atoms with van der Waals surface area (Å²) in [6.07, 6.45) is 0. The summed E-state index contributed by atoms with van der Waals surface area (Å²) in [6, 6.07) is 17.7. The van der Waals surface area contributed by atoms with Crippen LogP contribution in [-0.4, -0.2) is 14.1 Å². The third-order valence-electron chi connectivity index (χ3n) is 3.87. The highest BCUT2D eigenvalue weighted by atomic mass is 15.1. The van der Waals surface area contributed by atoms with Gasteiger partial charge < -0.3 is 10.2 Å². The van der Waals surface area contributed by atoms with E-state index < -0.39 is 0 Å². The van der Waals surface area contributed by atoms with Crippen molar-refractivity contribution < 1.29 is 0 Å². The minimum absolute atomic E-state index is 0.297. The standard InChI is InChI=1S/C19H26N2/c1-14(2)16-6-10-18(11-7-16)20-15(3)17-8-12-19(13-9-17)21(4)5/h6-15,20H,1-5H3. The summed E-state index contributed by atoms with van der Waals surface area (Å²) in [5.41, 5.74) is 5.08. The van der Waals surface area contributed by atoms with Crippen LogP contribution in [0.3, 0.4) is 0 Å². The zero-order chi connectivity index (χ0) is 15.4. The molecule has 2 nitrogen and oxygen atoms in total. The van der Waals surface area contributed by atoms with Crippen molar-refractivity contribution in [3.8, 4) is 0 Å². The Morgan fingerprint density at radius 2 is 1.29 bits per heavy atom. The molecule has 0 saturated carbocycles. The van der Waals surface area contributed by atoms with Crippen LogP contribution in [0.1, 0.15) is 43.9 Å². The summed E-state index contributed by atoms with van der Waals surface area (Å²) in [5.74, 6) is 0.579.